The molecular formula is C26H30N4O4S. The Hall–Kier alpha value is -3.46. The minimum absolute atomic E-state index is 0.135. The summed E-state index contributed by atoms with van der Waals surface area (Å²) in [6.45, 7) is 11.1. The Bertz CT molecular complexity index is 1460. The van der Waals surface area contributed by atoms with E-state index in [2.05, 4.69) is 35.4 Å². The summed E-state index contributed by atoms with van der Waals surface area (Å²) in [4.78, 5) is 34.1. The van der Waals surface area contributed by atoms with Gasteiger partial charge in [0.2, 0.25) is 0 Å². The molecule has 1 amide bonds. The van der Waals surface area contributed by atoms with E-state index in [1.807, 2.05) is 32.0 Å². The molecule has 35 heavy (non-hydrogen) atoms. The highest BCUT2D eigenvalue weighted by atomic mass is 32.2. The van der Waals surface area contributed by atoms with Crippen LogP contribution in [0.25, 0.3) is 11.3 Å². The Labute approximate surface area is 205 Å². The highest BCUT2D eigenvalue weighted by Crippen LogP contribution is 2.38. The molecule has 9 heteroatoms. The molecule has 2 aromatic heterocycles. The van der Waals surface area contributed by atoms with Gasteiger partial charge in [-0.05, 0) is 81.5 Å². The molecule has 3 aromatic rings. The van der Waals surface area contributed by atoms with Crippen molar-refractivity contribution in [2.75, 3.05) is 11.4 Å². The summed E-state index contributed by atoms with van der Waals surface area (Å²) in [7, 11) is -4.38. The van der Waals surface area contributed by atoms with Crippen molar-refractivity contribution in [3.8, 4) is 11.3 Å². The molecule has 8 nitrogen and oxygen atoms in total. The first-order valence-electron chi connectivity index (χ1n) is 11.5. The van der Waals surface area contributed by atoms with Crippen molar-refractivity contribution < 1.29 is 13.2 Å². The summed E-state index contributed by atoms with van der Waals surface area (Å²) < 4.78 is 27.7. The van der Waals surface area contributed by atoms with Crippen molar-refractivity contribution in [3.63, 3.8) is 0 Å². The third kappa shape index (κ3) is 4.86. The van der Waals surface area contributed by atoms with Gasteiger partial charge in [-0.2, -0.15) is 0 Å². The number of pyridine rings is 2. The fourth-order valence-electron chi connectivity index (χ4n) is 4.70. The van der Waals surface area contributed by atoms with Gasteiger partial charge in [-0.1, -0.05) is 19.1 Å². The lowest BCUT2D eigenvalue weighted by molar-refractivity contribution is 0.0981. The molecule has 1 atom stereocenters. The van der Waals surface area contributed by atoms with Crippen LogP contribution in [-0.2, 0) is 10.0 Å². The molecule has 1 fully saturated rings. The van der Waals surface area contributed by atoms with Gasteiger partial charge >= 0.3 is 0 Å². The molecule has 184 valence electrons. The van der Waals surface area contributed by atoms with Gasteiger partial charge in [0.1, 0.15) is 5.82 Å². The summed E-state index contributed by atoms with van der Waals surface area (Å²) in [5.74, 6) is -0.0397. The lowest BCUT2D eigenvalue weighted by Gasteiger charge is -2.34. The number of aromatic nitrogens is 2. The highest BCUT2D eigenvalue weighted by molar-refractivity contribution is 7.90. The number of carbonyl (C=O) groups excluding carboxylic acids is 1. The molecule has 0 spiro atoms. The summed E-state index contributed by atoms with van der Waals surface area (Å²) >= 11 is 0. The normalized spacial score (nSPS) is 17.4. The number of hydrogen-bond acceptors (Lipinski definition) is 6. The van der Waals surface area contributed by atoms with Crippen molar-refractivity contribution >= 4 is 21.7 Å². The monoisotopic (exact) mass is 494 g/mol. The van der Waals surface area contributed by atoms with Crippen molar-refractivity contribution in [1.82, 2.24) is 14.7 Å². The van der Waals surface area contributed by atoms with E-state index in [0.29, 0.717) is 24.0 Å². The van der Waals surface area contributed by atoms with Crippen LogP contribution >= 0.6 is 0 Å². The number of aryl methyl sites for hydroxylation is 2. The lowest BCUT2D eigenvalue weighted by Crippen LogP contribution is -2.41. The summed E-state index contributed by atoms with van der Waals surface area (Å²) in [5, 5.41) is 0. The standard InChI is InChI=1S/C26H30N4O4S/c1-16-14-26(4,5)30(15-16)23-20(10-11-21(28-23)19-9-8-17(2)18(3)13-19)24(31)29-35(33,34)22-7-6-12-27-25(22)32/h6-13,16H,14-15H2,1-5H3,(H,27,32)(H,29,31)/t16-/m0/s1. The van der Waals surface area contributed by atoms with E-state index in [9.17, 15) is 18.0 Å². The maximum atomic E-state index is 13.3. The first-order chi connectivity index (χ1) is 16.4. The van der Waals surface area contributed by atoms with E-state index in [1.54, 1.807) is 12.1 Å². The van der Waals surface area contributed by atoms with Crippen LogP contribution < -0.4 is 15.2 Å². The fraction of sp³-hybridized carbons (Fsp3) is 0.346. The largest absolute Gasteiger partial charge is 0.351 e. The minimum atomic E-state index is -4.38. The van der Waals surface area contributed by atoms with Gasteiger partial charge < -0.3 is 9.88 Å². The second kappa shape index (κ2) is 8.96. The third-order valence-electron chi connectivity index (χ3n) is 6.55. The number of aromatic amines is 1. The second-order valence-electron chi connectivity index (χ2n) is 9.90. The van der Waals surface area contributed by atoms with Crippen LogP contribution in [0.15, 0.2) is 58.4 Å². The quantitative estimate of drug-likeness (QED) is 0.558. The maximum absolute atomic E-state index is 13.3. The fourth-order valence-corrected chi connectivity index (χ4v) is 5.73. The van der Waals surface area contributed by atoms with Gasteiger partial charge in [0.15, 0.2) is 4.90 Å². The first-order valence-corrected chi connectivity index (χ1v) is 13.0. The van der Waals surface area contributed by atoms with E-state index in [4.69, 9.17) is 4.98 Å². The van der Waals surface area contributed by atoms with Crippen LogP contribution in [0.2, 0.25) is 0 Å². The van der Waals surface area contributed by atoms with Crippen molar-refractivity contribution in [2.45, 2.75) is 51.5 Å². The summed E-state index contributed by atoms with van der Waals surface area (Å²) in [5.41, 5.74) is 2.95. The maximum Gasteiger partial charge on any atom is 0.269 e. The zero-order valence-electron chi connectivity index (χ0n) is 20.5. The number of hydrogen-bond donors (Lipinski definition) is 2. The van der Waals surface area contributed by atoms with Gasteiger partial charge in [-0.15, -0.1) is 0 Å². The number of nitrogens with one attached hydrogen (secondary N) is 2. The van der Waals surface area contributed by atoms with Gasteiger partial charge in [0.25, 0.3) is 21.5 Å². The van der Waals surface area contributed by atoms with Crippen LogP contribution in [0.1, 0.15) is 48.7 Å². The topological polar surface area (TPSA) is 112 Å². The number of rotatable bonds is 5. The van der Waals surface area contributed by atoms with Gasteiger partial charge in [-0.25, -0.2) is 18.1 Å². The third-order valence-corrected chi connectivity index (χ3v) is 7.90. The van der Waals surface area contributed by atoms with Crippen molar-refractivity contribution in [1.29, 1.82) is 0 Å². The Balaban J connectivity index is 1.80. The van der Waals surface area contributed by atoms with Crippen LogP contribution in [0.4, 0.5) is 5.82 Å². The highest BCUT2D eigenvalue weighted by Gasteiger charge is 2.39. The van der Waals surface area contributed by atoms with E-state index >= 15 is 0 Å². The number of benzene rings is 1. The number of amides is 1. The van der Waals surface area contributed by atoms with Crippen LogP contribution in [0, 0.1) is 19.8 Å². The molecule has 0 aliphatic carbocycles. The Kier molecular flexibility index (Phi) is 6.31. The van der Waals surface area contributed by atoms with Gasteiger partial charge in [0, 0.05) is 23.8 Å². The van der Waals surface area contributed by atoms with Crippen molar-refractivity contribution in [2.24, 2.45) is 5.92 Å². The SMILES string of the molecule is Cc1ccc(-c2ccc(C(=O)NS(=O)(=O)c3ccc[nH]c3=O)c(N3C[C@@H](C)CC3(C)C)n2)cc1C. The molecule has 0 radical (unpaired) electrons. The second-order valence-corrected chi connectivity index (χ2v) is 11.5. The molecule has 1 aliphatic rings. The summed E-state index contributed by atoms with van der Waals surface area (Å²) in [6.07, 6.45) is 2.23. The van der Waals surface area contributed by atoms with E-state index in [0.717, 1.165) is 23.6 Å². The molecule has 3 heterocycles. The molecule has 1 aromatic carbocycles. The van der Waals surface area contributed by atoms with Gasteiger partial charge in [-0.3, -0.25) is 9.59 Å². The summed E-state index contributed by atoms with van der Waals surface area (Å²) in [6, 6.07) is 11.9. The van der Waals surface area contributed by atoms with E-state index < -0.39 is 26.4 Å². The zero-order valence-corrected chi connectivity index (χ0v) is 21.4. The first kappa shape index (κ1) is 24.7. The zero-order chi connectivity index (χ0) is 25.5. The lowest BCUT2D eigenvalue weighted by atomic mass is 9.97. The predicted octanol–water partition coefficient (Wildman–Crippen LogP) is 3.80. The van der Waals surface area contributed by atoms with Crippen molar-refractivity contribution in [3.05, 3.63) is 75.7 Å². The molecule has 0 saturated carbocycles. The molecule has 2 N–H and O–H groups in total. The number of sulfonamides is 1. The average molecular weight is 495 g/mol. The minimum Gasteiger partial charge on any atom is -0.351 e. The number of anilines is 1. The number of H-pyrrole nitrogens is 1. The Morgan fingerprint density at radius 1 is 1.14 bits per heavy atom. The number of nitrogens with zero attached hydrogens (tertiary/aromatic N) is 2. The average Bonchev–Trinajstić information content (AvgIpc) is 3.06. The van der Waals surface area contributed by atoms with E-state index in [1.165, 1.54) is 17.8 Å². The van der Waals surface area contributed by atoms with Crippen LogP contribution in [-0.4, -0.2) is 36.4 Å². The molecule has 1 aliphatic heterocycles. The Morgan fingerprint density at radius 3 is 2.51 bits per heavy atom. The number of carbonyl (C=O) groups is 1. The molecular weight excluding hydrogens is 464 g/mol. The van der Waals surface area contributed by atoms with Crippen LogP contribution in [0.5, 0.6) is 0 Å². The molecule has 0 bridgehead atoms. The molecule has 4 rings (SSSR count). The predicted molar refractivity (Wildman–Crippen MR) is 136 cm³/mol. The molecule has 0 unspecified atom stereocenters. The van der Waals surface area contributed by atoms with E-state index in [-0.39, 0.29) is 11.1 Å². The smallest absolute Gasteiger partial charge is 0.269 e. The van der Waals surface area contributed by atoms with Gasteiger partial charge in [0.05, 0.1) is 11.3 Å². The molecule has 1 saturated heterocycles. The Morgan fingerprint density at radius 2 is 1.89 bits per heavy atom. The van der Waals surface area contributed by atoms with Crippen LogP contribution in [0.3, 0.4) is 0 Å².